The van der Waals surface area contributed by atoms with Gasteiger partial charge >= 0.3 is 0 Å². The van der Waals surface area contributed by atoms with Crippen LogP contribution in [0.3, 0.4) is 0 Å². The molecule has 9 nitrogen and oxygen atoms in total. The maximum atomic E-state index is 13.7. The number of rotatable bonds is 9. The second kappa shape index (κ2) is 13.4. The van der Waals surface area contributed by atoms with E-state index in [1.54, 1.807) is 6.07 Å². The van der Waals surface area contributed by atoms with E-state index in [1.807, 2.05) is 42.5 Å². The van der Waals surface area contributed by atoms with Crippen LogP contribution in [0.25, 0.3) is 0 Å². The highest BCUT2D eigenvalue weighted by molar-refractivity contribution is 7.85. The Morgan fingerprint density at radius 3 is 2.37 bits per heavy atom. The molecule has 0 amide bonds. The Bertz CT molecular complexity index is 1440. The van der Waals surface area contributed by atoms with E-state index in [9.17, 15) is 22.5 Å². The van der Waals surface area contributed by atoms with Crippen LogP contribution in [-0.4, -0.2) is 70.9 Å². The van der Waals surface area contributed by atoms with Gasteiger partial charge in [-0.25, -0.2) is 12.8 Å². The van der Waals surface area contributed by atoms with E-state index in [0.29, 0.717) is 17.4 Å². The quantitative estimate of drug-likeness (QED) is 0.268. The number of piperidine rings is 3. The van der Waals surface area contributed by atoms with Crippen molar-refractivity contribution in [3.63, 3.8) is 0 Å². The van der Waals surface area contributed by atoms with E-state index < -0.39 is 28.1 Å². The molecule has 2 N–H and O–H groups in total. The summed E-state index contributed by atoms with van der Waals surface area (Å²) in [6.45, 7) is 3.18. The van der Waals surface area contributed by atoms with Crippen molar-refractivity contribution in [1.82, 2.24) is 5.16 Å². The second-order valence-corrected chi connectivity index (χ2v) is 13.7. The molecule has 0 spiro atoms. The number of benzene rings is 2. The molecule has 2 atom stereocenters. The van der Waals surface area contributed by atoms with Gasteiger partial charge in [-0.05, 0) is 36.5 Å². The second-order valence-electron chi connectivity index (χ2n) is 12.2. The molecule has 1 saturated carbocycles. The van der Waals surface area contributed by atoms with Gasteiger partial charge < -0.3 is 28.5 Å². The number of aliphatic hydroxyl groups excluding tert-OH is 1. The van der Waals surface area contributed by atoms with Crippen molar-refractivity contribution in [2.24, 2.45) is 11.8 Å². The summed E-state index contributed by atoms with van der Waals surface area (Å²) in [6.07, 6.45) is 7.75. The van der Waals surface area contributed by atoms with Crippen LogP contribution in [-0.2, 0) is 22.3 Å². The van der Waals surface area contributed by atoms with Gasteiger partial charge in [0.1, 0.15) is 36.0 Å². The van der Waals surface area contributed by atoms with Crippen LogP contribution < -0.4 is 4.74 Å². The normalized spacial score (nSPS) is 25.4. The summed E-state index contributed by atoms with van der Waals surface area (Å²) in [7, 11) is -4.17. The van der Waals surface area contributed by atoms with Gasteiger partial charge in [-0.1, -0.05) is 60.8 Å². The Balaban J connectivity index is 0.000000472. The SMILES string of the molecule is O=S(=O)([O-])CCO.O[C@](c1ccccc1)(c1cc(C[N+]23CCC(CC2)[C@@H](Oc2cccc(F)c2)C3)on1)C1CCCCC1. The first-order chi connectivity index (χ1) is 20.6. The molecule has 7 rings (SSSR count). The van der Waals surface area contributed by atoms with Gasteiger partial charge in [0.2, 0.25) is 0 Å². The maximum Gasteiger partial charge on any atom is 0.191 e. The first-order valence-corrected chi connectivity index (χ1v) is 16.7. The third-order valence-corrected chi connectivity index (χ3v) is 10.00. The van der Waals surface area contributed by atoms with Gasteiger partial charge in [-0.3, -0.25) is 0 Å². The zero-order chi connectivity index (χ0) is 30.5. The van der Waals surface area contributed by atoms with E-state index in [4.69, 9.17) is 14.4 Å². The monoisotopic (exact) mass is 616 g/mol. The molecule has 2 aromatic carbocycles. The van der Waals surface area contributed by atoms with Crippen molar-refractivity contribution in [3.05, 3.63) is 83.5 Å². The highest BCUT2D eigenvalue weighted by atomic mass is 32.2. The van der Waals surface area contributed by atoms with Gasteiger partial charge in [0.15, 0.2) is 11.9 Å². The highest BCUT2D eigenvalue weighted by Crippen LogP contribution is 2.44. The topological polar surface area (TPSA) is 133 Å². The van der Waals surface area contributed by atoms with Crippen LogP contribution in [0.5, 0.6) is 5.75 Å². The highest BCUT2D eigenvalue weighted by Gasteiger charge is 2.48. The van der Waals surface area contributed by atoms with Crippen molar-refractivity contribution in [2.45, 2.75) is 63.2 Å². The average molecular weight is 617 g/mol. The summed E-state index contributed by atoms with van der Waals surface area (Å²) in [4.78, 5) is 0. The number of hydrogen-bond acceptors (Lipinski definition) is 8. The zero-order valence-corrected chi connectivity index (χ0v) is 25.1. The maximum absolute atomic E-state index is 13.7. The Labute approximate surface area is 252 Å². The van der Waals surface area contributed by atoms with Crippen molar-refractivity contribution in [2.75, 3.05) is 32.0 Å². The zero-order valence-electron chi connectivity index (χ0n) is 24.3. The van der Waals surface area contributed by atoms with Crippen LogP contribution in [0.2, 0.25) is 0 Å². The lowest BCUT2D eigenvalue weighted by molar-refractivity contribution is -0.959. The van der Waals surface area contributed by atoms with Crippen molar-refractivity contribution in [1.29, 1.82) is 0 Å². The van der Waals surface area contributed by atoms with E-state index in [1.165, 1.54) is 18.6 Å². The van der Waals surface area contributed by atoms with Crippen molar-refractivity contribution in [3.8, 4) is 5.75 Å². The molecule has 4 heterocycles. The summed E-state index contributed by atoms with van der Waals surface area (Å²) < 4.78 is 55.3. The number of halogens is 1. The third-order valence-electron chi connectivity index (χ3n) is 9.32. The van der Waals surface area contributed by atoms with E-state index in [0.717, 1.165) is 80.5 Å². The summed E-state index contributed by atoms with van der Waals surface area (Å²) in [6, 6.07) is 18.4. The summed E-state index contributed by atoms with van der Waals surface area (Å²) in [5.41, 5.74) is 0.390. The van der Waals surface area contributed by atoms with Crippen LogP contribution in [0.15, 0.2) is 65.2 Å². The lowest BCUT2D eigenvalue weighted by Crippen LogP contribution is -2.64. The van der Waals surface area contributed by atoms with Crippen LogP contribution in [0.4, 0.5) is 4.39 Å². The molecule has 1 aromatic heterocycles. The van der Waals surface area contributed by atoms with Gasteiger partial charge in [0, 0.05) is 30.9 Å². The number of aromatic nitrogens is 1. The summed E-state index contributed by atoms with van der Waals surface area (Å²) >= 11 is 0. The number of aliphatic hydroxyl groups is 2. The standard InChI is InChI=1S/C30H36FN2O3.C2H6O4S/c31-25-12-7-13-26(18-25)35-28-21-33(16-14-22(28)15-17-33)20-27-19-29(32-36-27)30(34,23-8-3-1-4-9-23)24-10-5-2-6-11-24;3-1-2-7(4,5)6/h1,3-4,7-9,12-13,18-19,22,24,28,34H,2,5-6,10-11,14-17,20-21H2;3H,1-2H2,(H,4,5,6)/q+1;/p-1/t22?,28-,30-,33?;/m0./s1. The first-order valence-electron chi connectivity index (χ1n) is 15.2. The fraction of sp³-hybridized carbons (Fsp3) is 0.531. The molecule has 4 aliphatic rings. The average Bonchev–Trinajstić information content (AvgIpc) is 3.46. The van der Waals surface area contributed by atoms with Gasteiger partial charge in [0.25, 0.3) is 0 Å². The fourth-order valence-corrected chi connectivity index (χ4v) is 7.33. The smallest absolute Gasteiger partial charge is 0.191 e. The molecule has 4 fully saturated rings. The first kappa shape index (κ1) is 31.6. The lowest BCUT2D eigenvalue weighted by Gasteiger charge is -2.51. The van der Waals surface area contributed by atoms with E-state index >= 15 is 0 Å². The molecular formula is C32H41FN2O7S. The van der Waals surface area contributed by atoms with Crippen LogP contribution >= 0.6 is 0 Å². The molecular weight excluding hydrogens is 575 g/mol. The largest absolute Gasteiger partial charge is 0.748 e. The third kappa shape index (κ3) is 7.64. The van der Waals surface area contributed by atoms with Crippen molar-refractivity contribution >= 4 is 10.1 Å². The molecule has 1 aliphatic carbocycles. The van der Waals surface area contributed by atoms with Gasteiger partial charge in [-0.2, -0.15) is 0 Å². The molecule has 3 aliphatic heterocycles. The fourth-order valence-electron chi connectivity index (χ4n) is 7.11. The van der Waals surface area contributed by atoms with E-state index in [2.05, 4.69) is 5.16 Å². The Morgan fingerprint density at radius 1 is 1.02 bits per heavy atom. The molecule has 2 bridgehead atoms. The molecule has 0 radical (unpaired) electrons. The number of quaternary nitrogens is 1. The molecule has 0 unspecified atom stereocenters. The number of nitrogens with zero attached hydrogens (tertiary/aromatic N) is 2. The minimum absolute atomic E-state index is 0.0696. The van der Waals surface area contributed by atoms with Crippen molar-refractivity contribution < 1.29 is 41.3 Å². The Morgan fingerprint density at radius 2 is 1.74 bits per heavy atom. The molecule has 3 aromatic rings. The van der Waals surface area contributed by atoms with E-state index in [-0.39, 0.29) is 17.8 Å². The predicted octanol–water partition coefficient (Wildman–Crippen LogP) is 4.34. The minimum Gasteiger partial charge on any atom is -0.748 e. The Hall–Kier alpha value is -2.83. The molecule has 3 saturated heterocycles. The number of hydrogen-bond donors (Lipinski definition) is 2. The summed E-state index contributed by atoms with van der Waals surface area (Å²) in [5.74, 6) is 1.11. The van der Waals surface area contributed by atoms with Gasteiger partial charge in [0.05, 0.1) is 35.6 Å². The minimum atomic E-state index is -4.17. The summed E-state index contributed by atoms with van der Waals surface area (Å²) in [5, 5.41) is 24.5. The number of fused-ring (bicyclic) bond motifs is 3. The van der Waals surface area contributed by atoms with Crippen LogP contribution in [0.1, 0.15) is 62.0 Å². The predicted molar refractivity (Wildman–Crippen MR) is 156 cm³/mol. The van der Waals surface area contributed by atoms with Gasteiger partial charge in [-0.15, -0.1) is 0 Å². The Kier molecular flexibility index (Phi) is 9.87. The number of ether oxygens (including phenoxy) is 1. The van der Waals surface area contributed by atoms with Crippen LogP contribution in [0, 0.1) is 17.7 Å². The molecule has 234 valence electrons. The molecule has 11 heteroatoms. The molecule has 43 heavy (non-hydrogen) atoms. The lowest BCUT2D eigenvalue weighted by atomic mass is 9.71.